The Hall–Kier alpha value is -2.15. The molecule has 2 aliphatic heterocycles. The lowest BCUT2D eigenvalue weighted by Gasteiger charge is -2.35. The Bertz CT molecular complexity index is 601. The highest BCUT2D eigenvalue weighted by molar-refractivity contribution is 5.91. The van der Waals surface area contributed by atoms with E-state index in [1.807, 2.05) is 6.07 Å². The van der Waals surface area contributed by atoms with Gasteiger partial charge in [0, 0.05) is 44.2 Å². The van der Waals surface area contributed by atoms with Gasteiger partial charge in [-0.1, -0.05) is 0 Å². The third-order valence-electron chi connectivity index (χ3n) is 4.72. The minimum atomic E-state index is -0.539. The zero-order valence-corrected chi connectivity index (χ0v) is 13.7. The van der Waals surface area contributed by atoms with Crippen molar-refractivity contribution in [2.45, 2.75) is 31.7 Å². The lowest BCUT2D eigenvalue weighted by Crippen LogP contribution is -2.47. The molecule has 1 aromatic heterocycles. The molecule has 1 atom stereocenters. The molecule has 1 unspecified atom stereocenters. The van der Waals surface area contributed by atoms with E-state index in [1.165, 1.54) is 0 Å². The molecule has 24 heavy (non-hydrogen) atoms. The van der Waals surface area contributed by atoms with Crippen LogP contribution >= 0.6 is 0 Å². The van der Waals surface area contributed by atoms with Gasteiger partial charge in [0.15, 0.2) is 0 Å². The standard InChI is InChI=1S/C17H24N4O3/c18-16(22)15-10-14(3-6-19-15)21-7-1-2-12(11-21)17(23)20-13-4-8-24-9-5-13/h3,6,10,12-13H,1-2,4-5,7-9,11H2,(H2,18,22)(H,20,23). The lowest BCUT2D eigenvalue weighted by atomic mass is 9.95. The predicted molar refractivity (Wildman–Crippen MR) is 89.7 cm³/mol. The molecular formula is C17H24N4O3. The smallest absolute Gasteiger partial charge is 0.267 e. The number of hydrogen-bond acceptors (Lipinski definition) is 5. The molecule has 1 aromatic rings. The van der Waals surface area contributed by atoms with Crippen LogP contribution in [-0.2, 0) is 9.53 Å². The summed E-state index contributed by atoms with van der Waals surface area (Å²) in [5, 5.41) is 3.16. The van der Waals surface area contributed by atoms with Crippen molar-refractivity contribution < 1.29 is 14.3 Å². The third-order valence-corrected chi connectivity index (χ3v) is 4.72. The van der Waals surface area contributed by atoms with Crippen molar-refractivity contribution in [2.24, 2.45) is 11.7 Å². The first-order chi connectivity index (χ1) is 11.6. The number of rotatable bonds is 4. The summed E-state index contributed by atoms with van der Waals surface area (Å²) < 4.78 is 5.33. The maximum absolute atomic E-state index is 12.6. The number of nitrogens with one attached hydrogen (secondary N) is 1. The van der Waals surface area contributed by atoms with Gasteiger partial charge in [0.05, 0.1) is 5.92 Å². The van der Waals surface area contributed by atoms with E-state index in [-0.39, 0.29) is 23.6 Å². The van der Waals surface area contributed by atoms with Crippen LogP contribution in [0.5, 0.6) is 0 Å². The van der Waals surface area contributed by atoms with Crippen LogP contribution in [0, 0.1) is 5.92 Å². The van der Waals surface area contributed by atoms with E-state index in [2.05, 4.69) is 15.2 Å². The summed E-state index contributed by atoms with van der Waals surface area (Å²) >= 11 is 0. The quantitative estimate of drug-likeness (QED) is 0.845. The zero-order chi connectivity index (χ0) is 16.9. The molecule has 7 nitrogen and oxygen atoms in total. The van der Waals surface area contributed by atoms with E-state index in [9.17, 15) is 9.59 Å². The minimum absolute atomic E-state index is 0.0354. The van der Waals surface area contributed by atoms with E-state index in [4.69, 9.17) is 10.5 Å². The maximum atomic E-state index is 12.6. The Kier molecular flexibility index (Phi) is 5.30. The first-order valence-corrected chi connectivity index (χ1v) is 8.52. The number of pyridine rings is 1. The molecule has 0 saturated carbocycles. The summed E-state index contributed by atoms with van der Waals surface area (Å²) in [7, 11) is 0. The summed E-state index contributed by atoms with van der Waals surface area (Å²) in [6.07, 6.45) is 5.18. The number of hydrogen-bond donors (Lipinski definition) is 2. The number of piperidine rings is 1. The molecule has 0 spiro atoms. The highest BCUT2D eigenvalue weighted by Crippen LogP contribution is 2.24. The second-order valence-corrected chi connectivity index (χ2v) is 6.44. The van der Waals surface area contributed by atoms with Crippen LogP contribution in [0.15, 0.2) is 18.3 Å². The number of anilines is 1. The van der Waals surface area contributed by atoms with Crippen LogP contribution in [0.4, 0.5) is 5.69 Å². The molecule has 2 amide bonds. The van der Waals surface area contributed by atoms with Crippen LogP contribution in [-0.4, -0.2) is 49.1 Å². The molecule has 0 radical (unpaired) electrons. The molecule has 7 heteroatoms. The van der Waals surface area contributed by atoms with E-state index in [0.717, 1.165) is 37.9 Å². The van der Waals surface area contributed by atoms with E-state index in [0.29, 0.717) is 19.8 Å². The maximum Gasteiger partial charge on any atom is 0.267 e. The molecule has 2 aliphatic rings. The Morgan fingerprint density at radius 1 is 1.29 bits per heavy atom. The first kappa shape index (κ1) is 16.7. The molecule has 3 N–H and O–H groups in total. The van der Waals surface area contributed by atoms with E-state index < -0.39 is 5.91 Å². The van der Waals surface area contributed by atoms with Gasteiger partial charge in [0.2, 0.25) is 5.91 Å². The van der Waals surface area contributed by atoms with Gasteiger partial charge in [-0.2, -0.15) is 0 Å². The molecule has 2 saturated heterocycles. The van der Waals surface area contributed by atoms with Crippen LogP contribution in [0.2, 0.25) is 0 Å². The normalized spacial score (nSPS) is 22.2. The van der Waals surface area contributed by atoms with Crippen LogP contribution in [0.25, 0.3) is 0 Å². The number of ether oxygens (including phenoxy) is 1. The Labute approximate surface area is 141 Å². The Morgan fingerprint density at radius 2 is 2.08 bits per heavy atom. The fourth-order valence-corrected chi connectivity index (χ4v) is 3.34. The monoisotopic (exact) mass is 332 g/mol. The van der Waals surface area contributed by atoms with Gasteiger partial charge in [-0.05, 0) is 37.8 Å². The van der Waals surface area contributed by atoms with Crippen molar-refractivity contribution in [2.75, 3.05) is 31.2 Å². The highest BCUT2D eigenvalue weighted by Gasteiger charge is 2.28. The summed E-state index contributed by atoms with van der Waals surface area (Å²) in [5.74, 6) is -0.453. The number of amides is 2. The number of aromatic nitrogens is 1. The molecule has 130 valence electrons. The summed E-state index contributed by atoms with van der Waals surface area (Å²) in [6, 6.07) is 3.77. The Morgan fingerprint density at radius 3 is 2.83 bits per heavy atom. The van der Waals surface area contributed by atoms with Crippen molar-refractivity contribution >= 4 is 17.5 Å². The summed E-state index contributed by atoms with van der Waals surface area (Å²) in [6.45, 7) is 2.95. The third kappa shape index (κ3) is 4.03. The number of nitrogens with two attached hydrogens (primary N) is 1. The van der Waals surface area contributed by atoms with Crippen molar-refractivity contribution in [3.8, 4) is 0 Å². The Balaban J connectivity index is 1.62. The van der Waals surface area contributed by atoms with E-state index >= 15 is 0 Å². The average Bonchev–Trinajstić information content (AvgIpc) is 2.63. The molecular weight excluding hydrogens is 308 g/mol. The fraction of sp³-hybridized carbons (Fsp3) is 0.588. The molecule has 0 aliphatic carbocycles. The highest BCUT2D eigenvalue weighted by atomic mass is 16.5. The van der Waals surface area contributed by atoms with Crippen molar-refractivity contribution in [3.05, 3.63) is 24.0 Å². The molecule has 0 aromatic carbocycles. The van der Waals surface area contributed by atoms with Gasteiger partial charge in [0.25, 0.3) is 5.91 Å². The summed E-state index contributed by atoms with van der Waals surface area (Å²) in [4.78, 5) is 30.0. The van der Waals surface area contributed by atoms with Crippen molar-refractivity contribution in [1.29, 1.82) is 0 Å². The summed E-state index contributed by atoms with van der Waals surface area (Å²) in [5.41, 5.74) is 6.44. The van der Waals surface area contributed by atoms with Gasteiger partial charge in [0.1, 0.15) is 5.69 Å². The number of primary amides is 1. The van der Waals surface area contributed by atoms with Gasteiger partial charge < -0.3 is 20.7 Å². The molecule has 0 bridgehead atoms. The predicted octanol–water partition coefficient (Wildman–Crippen LogP) is 0.692. The number of carbonyl (C=O) groups excluding carboxylic acids is 2. The fourth-order valence-electron chi connectivity index (χ4n) is 3.34. The van der Waals surface area contributed by atoms with Gasteiger partial charge in [-0.15, -0.1) is 0 Å². The molecule has 3 heterocycles. The van der Waals surface area contributed by atoms with Crippen LogP contribution in [0.3, 0.4) is 0 Å². The number of carbonyl (C=O) groups is 2. The van der Waals surface area contributed by atoms with Crippen molar-refractivity contribution in [3.63, 3.8) is 0 Å². The second kappa shape index (κ2) is 7.61. The van der Waals surface area contributed by atoms with Crippen LogP contribution in [0.1, 0.15) is 36.2 Å². The van der Waals surface area contributed by atoms with Crippen LogP contribution < -0.4 is 16.0 Å². The topological polar surface area (TPSA) is 97.6 Å². The number of nitrogens with zero attached hydrogens (tertiary/aromatic N) is 2. The van der Waals surface area contributed by atoms with Gasteiger partial charge >= 0.3 is 0 Å². The molecule has 3 rings (SSSR count). The lowest BCUT2D eigenvalue weighted by molar-refractivity contribution is -0.126. The van der Waals surface area contributed by atoms with Crippen molar-refractivity contribution in [1.82, 2.24) is 10.3 Å². The minimum Gasteiger partial charge on any atom is -0.381 e. The molecule has 2 fully saturated rings. The largest absolute Gasteiger partial charge is 0.381 e. The SMILES string of the molecule is NC(=O)c1cc(N2CCCC(C(=O)NC3CCOCC3)C2)ccn1. The van der Waals surface area contributed by atoms with Gasteiger partial charge in [-0.25, -0.2) is 0 Å². The first-order valence-electron chi connectivity index (χ1n) is 8.52. The van der Waals surface area contributed by atoms with E-state index in [1.54, 1.807) is 12.3 Å². The second-order valence-electron chi connectivity index (χ2n) is 6.44. The zero-order valence-electron chi connectivity index (χ0n) is 13.7. The average molecular weight is 332 g/mol. The van der Waals surface area contributed by atoms with Gasteiger partial charge in [-0.3, -0.25) is 14.6 Å².